The number of rotatable bonds is 0. The first kappa shape index (κ1) is 9.47. The number of pyridine rings is 1. The number of para-hydroxylation sites is 1. The Bertz CT molecular complexity index is 857. The molecule has 1 N–H and O–H groups in total. The van der Waals surface area contributed by atoms with Crippen LogP contribution in [0.3, 0.4) is 0 Å². The summed E-state index contributed by atoms with van der Waals surface area (Å²) in [6.07, 6.45) is 2.04. The zero-order chi connectivity index (χ0) is 11.4. The average molecular weight is 333 g/mol. The number of hydrogen-bond donors (Lipinski definition) is 1. The third kappa shape index (κ3) is 1.18. The van der Waals surface area contributed by atoms with Crippen molar-refractivity contribution in [2.75, 3.05) is 0 Å². The molecule has 0 spiro atoms. The van der Waals surface area contributed by atoms with Gasteiger partial charge in [0.2, 0.25) is 0 Å². The Hall–Kier alpha value is -1.56. The highest BCUT2D eigenvalue weighted by Gasteiger charge is 2.11. The Kier molecular flexibility index (Phi) is 1.80. The number of aromatic amines is 1. The number of hydrogen-bond acceptors (Lipinski definition) is 1. The fourth-order valence-corrected chi connectivity index (χ4v) is 2.86. The topological polar surface area (TPSA) is 33.1 Å². The van der Waals surface area contributed by atoms with Crippen molar-refractivity contribution in [1.82, 2.24) is 14.4 Å². The fraction of sp³-hybridized carbons (Fsp3) is 0. The molecule has 0 aliphatic carbocycles. The van der Waals surface area contributed by atoms with Crippen molar-refractivity contribution in [2.24, 2.45) is 0 Å². The minimum absolute atomic E-state index is 1.01. The van der Waals surface area contributed by atoms with Gasteiger partial charge in [-0.15, -0.1) is 0 Å². The molecule has 0 saturated heterocycles. The van der Waals surface area contributed by atoms with Gasteiger partial charge < -0.3 is 4.98 Å². The summed E-state index contributed by atoms with van der Waals surface area (Å²) in [5, 5.41) is 1.18. The van der Waals surface area contributed by atoms with Gasteiger partial charge in [-0.1, -0.05) is 18.2 Å². The molecular weight excluding hydrogens is 325 g/mol. The smallest absolute Gasteiger partial charge is 0.152 e. The van der Waals surface area contributed by atoms with Crippen LogP contribution >= 0.6 is 22.6 Å². The van der Waals surface area contributed by atoms with E-state index in [0.717, 1.165) is 22.3 Å². The van der Waals surface area contributed by atoms with Crippen LogP contribution in [0, 0.1) is 3.57 Å². The maximum absolute atomic E-state index is 4.73. The van der Waals surface area contributed by atoms with Crippen molar-refractivity contribution < 1.29 is 0 Å². The molecule has 0 fully saturated rings. The number of aromatic nitrogens is 3. The minimum Gasteiger partial charge on any atom is -0.339 e. The van der Waals surface area contributed by atoms with Crippen LogP contribution in [0.15, 0.2) is 42.6 Å². The molecule has 17 heavy (non-hydrogen) atoms. The SMILES string of the molecule is Ic1cccn2c1nc1c3ccccc3[nH]c12. The van der Waals surface area contributed by atoms with E-state index in [1.165, 1.54) is 8.96 Å². The second kappa shape index (κ2) is 3.22. The average Bonchev–Trinajstić information content (AvgIpc) is 2.87. The monoisotopic (exact) mass is 333 g/mol. The summed E-state index contributed by atoms with van der Waals surface area (Å²) in [5.74, 6) is 0. The molecule has 4 rings (SSSR count). The molecule has 0 saturated carbocycles. The summed E-state index contributed by atoms with van der Waals surface area (Å²) < 4.78 is 3.27. The van der Waals surface area contributed by atoms with Crippen molar-refractivity contribution in [3.05, 3.63) is 46.2 Å². The highest BCUT2D eigenvalue weighted by molar-refractivity contribution is 14.1. The molecule has 0 radical (unpaired) electrons. The fourth-order valence-electron chi connectivity index (χ4n) is 2.27. The molecule has 0 atom stereocenters. The molecule has 3 heterocycles. The van der Waals surface area contributed by atoms with Crippen LogP contribution in [0.5, 0.6) is 0 Å². The van der Waals surface area contributed by atoms with Crippen LogP contribution in [0.25, 0.3) is 27.7 Å². The van der Waals surface area contributed by atoms with Crippen molar-refractivity contribution in [3.8, 4) is 0 Å². The van der Waals surface area contributed by atoms with Crippen LogP contribution in [-0.4, -0.2) is 14.4 Å². The quantitative estimate of drug-likeness (QED) is 0.490. The molecular formula is C13H8IN3. The molecule has 0 amide bonds. The zero-order valence-electron chi connectivity index (χ0n) is 8.81. The number of nitrogens with zero attached hydrogens (tertiary/aromatic N) is 2. The lowest BCUT2D eigenvalue weighted by molar-refractivity contribution is 1.19. The van der Waals surface area contributed by atoms with Crippen LogP contribution in [0.4, 0.5) is 0 Å². The van der Waals surface area contributed by atoms with Crippen LogP contribution in [0.2, 0.25) is 0 Å². The summed E-state index contributed by atoms with van der Waals surface area (Å²) in [6, 6.07) is 12.4. The molecule has 1 aromatic carbocycles. The Balaban J connectivity index is 2.33. The number of fused-ring (bicyclic) bond motifs is 5. The second-order valence-electron chi connectivity index (χ2n) is 4.03. The third-order valence-corrected chi connectivity index (χ3v) is 3.88. The lowest BCUT2D eigenvalue weighted by Crippen LogP contribution is -1.86. The van der Waals surface area contributed by atoms with Gasteiger partial charge in [0.05, 0.1) is 3.57 Å². The molecule has 0 bridgehead atoms. The number of H-pyrrole nitrogens is 1. The Morgan fingerprint density at radius 3 is 2.94 bits per heavy atom. The summed E-state index contributed by atoms with van der Waals surface area (Å²) in [5.41, 5.74) is 4.27. The van der Waals surface area contributed by atoms with Crippen molar-refractivity contribution in [2.45, 2.75) is 0 Å². The maximum Gasteiger partial charge on any atom is 0.152 e. The van der Waals surface area contributed by atoms with Gasteiger partial charge in [0.1, 0.15) is 11.2 Å². The lowest BCUT2D eigenvalue weighted by Gasteiger charge is -1.95. The van der Waals surface area contributed by atoms with Gasteiger partial charge in [-0.25, -0.2) is 4.98 Å². The summed E-state index contributed by atoms with van der Waals surface area (Å²) in [7, 11) is 0. The van der Waals surface area contributed by atoms with Crippen LogP contribution in [-0.2, 0) is 0 Å². The van der Waals surface area contributed by atoms with Crippen molar-refractivity contribution >= 4 is 50.3 Å². The van der Waals surface area contributed by atoms with Gasteiger partial charge in [0, 0.05) is 17.1 Å². The molecule has 4 aromatic rings. The first-order valence-electron chi connectivity index (χ1n) is 5.37. The van der Waals surface area contributed by atoms with E-state index in [9.17, 15) is 0 Å². The van der Waals surface area contributed by atoms with E-state index in [1.807, 2.05) is 24.4 Å². The summed E-state index contributed by atoms with van der Waals surface area (Å²) >= 11 is 2.32. The zero-order valence-corrected chi connectivity index (χ0v) is 11.0. The number of nitrogens with one attached hydrogen (secondary N) is 1. The van der Waals surface area contributed by atoms with E-state index in [1.54, 1.807) is 0 Å². The molecule has 3 nitrogen and oxygen atoms in total. The summed E-state index contributed by atoms with van der Waals surface area (Å²) in [4.78, 5) is 8.15. The molecule has 0 unspecified atom stereocenters. The van der Waals surface area contributed by atoms with Crippen LogP contribution < -0.4 is 0 Å². The van der Waals surface area contributed by atoms with Gasteiger partial charge in [-0.2, -0.15) is 0 Å². The molecule has 0 aliphatic rings. The van der Waals surface area contributed by atoms with Gasteiger partial charge in [0.25, 0.3) is 0 Å². The molecule has 4 heteroatoms. The van der Waals surface area contributed by atoms with Gasteiger partial charge in [-0.05, 0) is 40.8 Å². The minimum atomic E-state index is 1.01. The lowest BCUT2D eigenvalue weighted by atomic mass is 10.2. The molecule has 3 aromatic heterocycles. The van der Waals surface area contributed by atoms with Gasteiger partial charge in [-0.3, -0.25) is 4.40 Å². The highest BCUT2D eigenvalue weighted by atomic mass is 127. The van der Waals surface area contributed by atoms with E-state index in [-0.39, 0.29) is 0 Å². The standard InChI is InChI=1S/C13H8IN3/c14-9-5-3-7-17-12(9)16-11-8-4-1-2-6-10(8)15-13(11)17/h1-7,15H. The predicted molar refractivity (Wildman–Crippen MR) is 77.3 cm³/mol. The van der Waals surface area contributed by atoms with E-state index < -0.39 is 0 Å². The van der Waals surface area contributed by atoms with Crippen molar-refractivity contribution in [1.29, 1.82) is 0 Å². The first-order chi connectivity index (χ1) is 8.34. The van der Waals surface area contributed by atoms with E-state index >= 15 is 0 Å². The second-order valence-corrected chi connectivity index (χ2v) is 5.19. The van der Waals surface area contributed by atoms with E-state index in [2.05, 4.69) is 50.2 Å². The van der Waals surface area contributed by atoms with Crippen LogP contribution in [0.1, 0.15) is 0 Å². The Morgan fingerprint density at radius 2 is 2.00 bits per heavy atom. The Morgan fingerprint density at radius 1 is 1.12 bits per heavy atom. The summed E-state index contributed by atoms with van der Waals surface area (Å²) in [6.45, 7) is 0. The first-order valence-corrected chi connectivity index (χ1v) is 6.45. The largest absolute Gasteiger partial charge is 0.339 e. The van der Waals surface area contributed by atoms with Crippen molar-refractivity contribution in [3.63, 3.8) is 0 Å². The molecule has 82 valence electrons. The number of imidazole rings is 1. The van der Waals surface area contributed by atoms with Gasteiger partial charge in [0.15, 0.2) is 5.65 Å². The maximum atomic E-state index is 4.73. The van der Waals surface area contributed by atoms with E-state index in [0.29, 0.717) is 0 Å². The van der Waals surface area contributed by atoms with E-state index in [4.69, 9.17) is 4.98 Å². The van der Waals surface area contributed by atoms with Gasteiger partial charge >= 0.3 is 0 Å². The third-order valence-electron chi connectivity index (χ3n) is 3.04. The number of benzene rings is 1. The molecule has 0 aliphatic heterocycles. The predicted octanol–water partition coefficient (Wildman–Crippen LogP) is 3.57. The number of halogens is 1. The normalized spacial score (nSPS) is 11.8. The Labute approximate surface area is 111 Å². The highest BCUT2D eigenvalue weighted by Crippen LogP contribution is 2.26.